The Kier molecular flexibility index (Phi) is 4.81. The van der Waals surface area contributed by atoms with Crippen molar-refractivity contribution in [1.82, 2.24) is 0 Å². The lowest BCUT2D eigenvalue weighted by atomic mass is 9.71. The molecule has 0 spiro atoms. The van der Waals surface area contributed by atoms with Crippen LogP contribution in [0.3, 0.4) is 0 Å². The molecule has 15 heavy (non-hydrogen) atoms. The largest absolute Gasteiger partial charge is 0.309 e. The number of rotatable bonds is 4. The lowest BCUT2D eigenvalue weighted by molar-refractivity contribution is -0.118. The Morgan fingerprint density at radius 2 is 2.07 bits per heavy atom. The summed E-state index contributed by atoms with van der Waals surface area (Å²) >= 11 is 0. The minimum absolute atomic E-state index is 0.0846. The summed E-state index contributed by atoms with van der Waals surface area (Å²) in [6, 6.07) is 0. The first kappa shape index (κ1) is 12.2. The molecule has 84 valence electrons. The minimum atomic E-state index is 0.0846. The quantitative estimate of drug-likeness (QED) is 0.648. The van der Waals surface area contributed by atoms with Crippen LogP contribution in [0.15, 0.2) is 0 Å². The first-order valence-electron chi connectivity index (χ1n) is 6.00. The van der Waals surface area contributed by atoms with E-state index in [1.807, 2.05) is 0 Å². The van der Waals surface area contributed by atoms with Crippen LogP contribution in [0.4, 0.5) is 0 Å². The molecule has 0 saturated heterocycles. The van der Waals surface area contributed by atoms with Gasteiger partial charge < -0.3 is 4.85 Å². The van der Waals surface area contributed by atoms with Crippen molar-refractivity contribution >= 4 is 5.78 Å². The lowest BCUT2D eigenvalue weighted by Gasteiger charge is -2.33. The highest BCUT2D eigenvalue weighted by molar-refractivity contribution is 5.82. The molecule has 0 heterocycles. The molecule has 0 radical (unpaired) electrons. The van der Waals surface area contributed by atoms with Gasteiger partial charge in [0.05, 0.1) is 0 Å². The number of carbonyl (C=O) groups excluding carboxylic acids is 1. The second kappa shape index (κ2) is 5.90. The summed E-state index contributed by atoms with van der Waals surface area (Å²) in [6.45, 7) is 11.3. The van der Waals surface area contributed by atoms with Crippen LogP contribution >= 0.6 is 0 Å². The first-order valence-corrected chi connectivity index (χ1v) is 6.00. The molecule has 0 aromatic carbocycles. The predicted octanol–water partition coefficient (Wildman–Crippen LogP) is 3.33. The van der Waals surface area contributed by atoms with Crippen molar-refractivity contribution in [3.05, 3.63) is 11.4 Å². The zero-order chi connectivity index (χ0) is 11.3. The fraction of sp³-hybridized carbons (Fsp3) is 0.846. The number of hydrogen-bond donors (Lipinski definition) is 0. The maximum atomic E-state index is 11.5. The average molecular weight is 207 g/mol. The van der Waals surface area contributed by atoms with Crippen molar-refractivity contribution in [3.63, 3.8) is 0 Å². The highest BCUT2D eigenvalue weighted by Crippen LogP contribution is 2.37. The summed E-state index contributed by atoms with van der Waals surface area (Å²) < 4.78 is 0. The molecule has 1 fully saturated rings. The van der Waals surface area contributed by atoms with Gasteiger partial charge in [-0.15, -0.1) is 0 Å². The molecule has 0 unspecified atom stereocenters. The van der Waals surface area contributed by atoms with Gasteiger partial charge in [0.2, 0.25) is 5.78 Å². The van der Waals surface area contributed by atoms with Crippen LogP contribution in [0, 0.1) is 24.3 Å². The van der Waals surface area contributed by atoms with E-state index in [0.29, 0.717) is 24.2 Å². The Bertz CT molecular complexity index is 252. The summed E-state index contributed by atoms with van der Waals surface area (Å²) in [5.41, 5.74) is 0. The molecule has 2 heteroatoms. The van der Waals surface area contributed by atoms with Crippen molar-refractivity contribution in [3.8, 4) is 0 Å². The zero-order valence-electron chi connectivity index (χ0n) is 9.83. The van der Waals surface area contributed by atoms with E-state index in [1.54, 1.807) is 0 Å². The third-order valence-electron chi connectivity index (χ3n) is 3.57. The molecule has 2 atom stereocenters. The number of ketones is 1. The fourth-order valence-electron chi connectivity index (χ4n) is 2.81. The minimum Gasteiger partial charge on any atom is -0.309 e. The molecule has 0 aromatic rings. The van der Waals surface area contributed by atoms with Gasteiger partial charge in [-0.3, -0.25) is 4.79 Å². The molecule has 1 aliphatic rings. The predicted molar refractivity (Wildman–Crippen MR) is 61.4 cm³/mol. The van der Waals surface area contributed by atoms with E-state index < -0.39 is 0 Å². The number of carbonyl (C=O) groups is 1. The Morgan fingerprint density at radius 1 is 1.40 bits per heavy atom. The fourth-order valence-corrected chi connectivity index (χ4v) is 2.81. The Balaban J connectivity index is 2.50. The molecule has 0 aromatic heterocycles. The van der Waals surface area contributed by atoms with Crippen molar-refractivity contribution in [2.45, 2.75) is 46.0 Å². The lowest BCUT2D eigenvalue weighted by Crippen LogP contribution is -2.26. The van der Waals surface area contributed by atoms with Crippen molar-refractivity contribution in [1.29, 1.82) is 0 Å². The maximum absolute atomic E-state index is 11.5. The van der Waals surface area contributed by atoms with Crippen LogP contribution in [0.5, 0.6) is 0 Å². The van der Waals surface area contributed by atoms with E-state index in [-0.39, 0.29) is 12.3 Å². The van der Waals surface area contributed by atoms with Gasteiger partial charge >= 0.3 is 0 Å². The molecule has 2 nitrogen and oxygen atoms in total. The monoisotopic (exact) mass is 207 g/mol. The zero-order valence-corrected chi connectivity index (χ0v) is 9.83. The summed E-state index contributed by atoms with van der Waals surface area (Å²) in [4.78, 5) is 14.6. The second-order valence-corrected chi connectivity index (χ2v) is 5.01. The molecular weight excluding hydrogens is 186 g/mol. The van der Waals surface area contributed by atoms with Crippen LogP contribution in [0.1, 0.15) is 46.0 Å². The van der Waals surface area contributed by atoms with Gasteiger partial charge in [0.25, 0.3) is 6.54 Å². The topological polar surface area (TPSA) is 21.4 Å². The summed E-state index contributed by atoms with van der Waals surface area (Å²) in [6.07, 6.45) is 5.68. The van der Waals surface area contributed by atoms with Crippen LogP contribution < -0.4 is 0 Å². The van der Waals surface area contributed by atoms with E-state index in [0.717, 1.165) is 0 Å². The van der Waals surface area contributed by atoms with Crippen LogP contribution in [-0.2, 0) is 4.79 Å². The van der Waals surface area contributed by atoms with Crippen molar-refractivity contribution in [2.24, 2.45) is 17.8 Å². The van der Waals surface area contributed by atoms with Gasteiger partial charge in [-0.25, -0.2) is 6.57 Å². The Labute approximate surface area is 92.9 Å². The van der Waals surface area contributed by atoms with E-state index in [2.05, 4.69) is 18.7 Å². The number of Topliss-reactive ketones (excluding diaryl/α,β-unsaturated/α-hetero) is 1. The molecule has 1 saturated carbocycles. The molecule has 0 aliphatic heterocycles. The standard InChI is InChI=1S/C13H21NO/c1-10(2)13-7-5-4-6-11(13)8-12(15)9-14-3/h10-11,13H,4-9H2,1-2H3/t11-,13-/m0/s1. The Morgan fingerprint density at radius 3 is 2.67 bits per heavy atom. The van der Waals surface area contributed by atoms with E-state index >= 15 is 0 Å². The number of nitrogens with zero attached hydrogens (tertiary/aromatic N) is 1. The molecule has 0 amide bonds. The van der Waals surface area contributed by atoms with Gasteiger partial charge in [-0.1, -0.05) is 26.7 Å². The maximum Gasteiger partial charge on any atom is 0.272 e. The summed E-state index contributed by atoms with van der Waals surface area (Å²) in [5.74, 6) is 2.07. The molecule has 1 aliphatic carbocycles. The highest BCUT2D eigenvalue weighted by Gasteiger charge is 2.29. The third kappa shape index (κ3) is 3.66. The van der Waals surface area contributed by atoms with E-state index in [4.69, 9.17) is 6.57 Å². The smallest absolute Gasteiger partial charge is 0.272 e. The van der Waals surface area contributed by atoms with Crippen LogP contribution in [-0.4, -0.2) is 12.3 Å². The van der Waals surface area contributed by atoms with Gasteiger partial charge in [-0.05, 0) is 30.6 Å². The average Bonchev–Trinajstić information content (AvgIpc) is 2.18. The summed E-state index contributed by atoms with van der Waals surface area (Å²) in [7, 11) is 0. The van der Waals surface area contributed by atoms with Crippen molar-refractivity contribution < 1.29 is 4.79 Å². The normalized spacial score (nSPS) is 26.3. The van der Waals surface area contributed by atoms with E-state index in [1.165, 1.54) is 25.7 Å². The van der Waals surface area contributed by atoms with E-state index in [9.17, 15) is 4.79 Å². The second-order valence-electron chi connectivity index (χ2n) is 5.01. The first-order chi connectivity index (χ1) is 7.15. The van der Waals surface area contributed by atoms with Crippen molar-refractivity contribution in [2.75, 3.05) is 6.54 Å². The summed E-state index contributed by atoms with van der Waals surface area (Å²) in [5, 5.41) is 0. The highest BCUT2D eigenvalue weighted by atomic mass is 16.1. The van der Waals surface area contributed by atoms with Gasteiger partial charge in [0, 0.05) is 6.42 Å². The molecule has 0 N–H and O–H groups in total. The third-order valence-corrected chi connectivity index (χ3v) is 3.57. The SMILES string of the molecule is [C-]#[N+]CC(=O)C[C@@H]1CCCC[C@H]1C(C)C. The molecule has 0 bridgehead atoms. The van der Waals surface area contributed by atoms with Crippen LogP contribution in [0.2, 0.25) is 0 Å². The Hall–Kier alpha value is -0.840. The van der Waals surface area contributed by atoms with Gasteiger partial charge in [0.1, 0.15) is 0 Å². The number of hydrogen-bond acceptors (Lipinski definition) is 1. The molecular formula is C13H21NO. The van der Waals surface area contributed by atoms with Crippen LogP contribution in [0.25, 0.3) is 4.85 Å². The van der Waals surface area contributed by atoms with Gasteiger partial charge in [0.15, 0.2) is 0 Å². The molecule has 1 rings (SSSR count). The van der Waals surface area contributed by atoms with Gasteiger partial charge in [-0.2, -0.15) is 0 Å².